The zero-order valence-corrected chi connectivity index (χ0v) is 14.5. The SMILES string of the molecule is C[C@@H](NS(=O)(=O)CCCCCN1CC(=O)NC1=O)c1ccccc1. The number of sulfonamides is 1. The Labute approximate surface area is 142 Å². The molecule has 1 heterocycles. The minimum absolute atomic E-state index is 0.0509. The first-order chi connectivity index (χ1) is 11.4. The van der Waals surface area contributed by atoms with E-state index in [0.29, 0.717) is 25.8 Å². The number of benzene rings is 1. The van der Waals surface area contributed by atoms with Crippen LogP contribution in [0.4, 0.5) is 4.79 Å². The number of urea groups is 1. The molecule has 1 aromatic carbocycles. The fourth-order valence-electron chi connectivity index (χ4n) is 2.57. The Kier molecular flexibility index (Phi) is 6.33. The fraction of sp³-hybridized carbons (Fsp3) is 0.500. The average Bonchev–Trinajstić information content (AvgIpc) is 2.85. The lowest BCUT2D eigenvalue weighted by atomic mass is 10.1. The number of hydrogen-bond donors (Lipinski definition) is 2. The highest BCUT2D eigenvalue weighted by atomic mass is 32.2. The van der Waals surface area contributed by atoms with E-state index in [1.54, 1.807) is 0 Å². The maximum Gasteiger partial charge on any atom is 0.324 e. The second-order valence-electron chi connectivity index (χ2n) is 5.90. The number of carbonyl (C=O) groups excluding carboxylic acids is 2. The first-order valence-electron chi connectivity index (χ1n) is 8.01. The quantitative estimate of drug-likeness (QED) is 0.518. The number of imide groups is 1. The second-order valence-corrected chi connectivity index (χ2v) is 7.78. The topological polar surface area (TPSA) is 95.6 Å². The van der Waals surface area contributed by atoms with Crippen molar-refractivity contribution in [3.05, 3.63) is 35.9 Å². The molecule has 3 amide bonds. The van der Waals surface area contributed by atoms with Gasteiger partial charge in [0.1, 0.15) is 6.54 Å². The Morgan fingerprint density at radius 1 is 1.17 bits per heavy atom. The van der Waals surface area contributed by atoms with E-state index in [0.717, 1.165) is 5.56 Å². The largest absolute Gasteiger partial charge is 0.324 e. The molecule has 0 aromatic heterocycles. The summed E-state index contributed by atoms with van der Waals surface area (Å²) in [6.45, 7) is 2.37. The van der Waals surface area contributed by atoms with E-state index in [1.165, 1.54) is 4.90 Å². The minimum atomic E-state index is -3.35. The van der Waals surface area contributed by atoms with Gasteiger partial charge in [-0.3, -0.25) is 10.1 Å². The highest BCUT2D eigenvalue weighted by Crippen LogP contribution is 2.13. The lowest BCUT2D eigenvalue weighted by Crippen LogP contribution is -2.30. The normalized spacial score (nSPS) is 16.3. The standard InChI is InChI=1S/C16H23N3O4S/c1-13(14-8-4-2-5-9-14)18-24(22,23)11-7-3-6-10-19-12-15(20)17-16(19)21/h2,4-5,8-9,13,18H,3,6-7,10-12H2,1H3,(H,17,20,21)/t13-/m1/s1. The van der Waals surface area contributed by atoms with Crippen LogP contribution in [0.5, 0.6) is 0 Å². The molecule has 1 atom stereocenters. The van der Waals surface area contributed by atoms with Crippen LogP contribution in [0.2, 0.25) is 0 Å². The number of nitrogens with zero attached hydrogens (tertiary/aromatic N) is 1. The van der Waals surface area contributed by atoms with Crippen LogP contribution in [0.1, 0.15) is 37.8 Å². The molecule has 2 N–H and O–H groups in total. The third-order valence-corrected chi connectivity index (χ3v) is 5.40. The Balaban J connectivity index is 1.67. The first-order valence-corrected chi connectivity index (χ1v) is 9.66. The average molecular weight is 353 g/mol. The highest BCUT2D eigenvalue weighted by molar-refractivity contribution is 7.89. The molecule has 1 aliphatic heterocycles. The molecule has 0 aliphatic carbocycles. The van der Waals surface area contributed by atoms with Crippen LogP contribution in [0.15, 0.2) is 30.3 Å². The molecule has 2 rings (SSSR count). The number of carbonyl (C=O) groups is 2. The molecule has 7 nitrogen and oxygen atoms in total. The Morgan fingerprint density at radius 2 is 1.88 bits per heavy atom. The van der Waals surface area contributed by atoms with E-state index in [2.05, 4.69) is 10.0 Å². The van der Waals surface area contributed by atoms with Gasteiger partial charge in [-0.2, -0.15) is 0 Å². The van der Waals surface area contributed by atoms with Crippen molar-refractivity contribution in [3.63, 3.8) is 0 Å². The van der Waals surface area contributed by atoms with Crippen LogP contribution in [-0.4, -0.2) is 44.1 Å². The fourth-order valence-corrected chi connectivity index (χ4v) is 3.95. The van der Waals surface area contributed by atoms with Gasteiger partial charge in [-0.25, -0.2) is 17.9 Å². The summed E-state index contributed by atoms with van der Waals surface area (Å²) in [5.74, 6) is -0.239. The zero-order chi connectivity index (χ0) is 17.6. The Morgan fingerprint density at radius 3 is 2.50 bits per heavy atom. The molecule has 8 heteroatoms. The van der Waals surface area contributed by atoms with Crippen molar-refractivity contribution >= 4 is 22.0 Å². The van der Waals surface area contributed by atoms with Gasteiger partial charge in [-0.1, -0.05) is 36.8 Å². The maximum atomic E-state index is 12.1. The van der Waals surface area contributed by atoms with Crippen LogP contribution in [0.3, 0.4) is 0 Å². The first kappa shape index (κ1) is 18.4. The number of hydrogen-bond acceptors (Lipinski definition) is 4. The van der Waals surface area contributed by atoms with E-state index in [1.807, 2.05) is 37.3 Å². The lowest BCUT2D eigenvalue weighted by molar-refractivity contribution is -0.118. The predicted molar refractivity (Wildman–Crippen MR) is 90.7 cm³/mol. The molecule has 0 unspecified atom stereocenters. The lowest BCUT2D eigenvalue weighted by Gasteiger charge is -2.15. The van der Waals surface area contributed by atoms with Gasteiger partial charge in [0.05, 0.1) is 5.75 Å². The van der Waals surface area contributed by atoms with Crippen molar-refractivity contribution in [2.45, 2.75) is 32.2 Å². The van der Waals surface area contributed by atoms with Gasteiger partial charge in [0, 0.05) is 12.6 Å². The minimum Gasteiger partial charge on any atom is -0.315 e. The molecule has 1 fully saturated rings. The van der Waals surface area contributed by atoms with Gasteiger partial charge in [0.25, 0.3) is 0 Å². The molecule has 0 spiro atoms. The monoisotopic (exact) mass is 353 g/mol. The number of unbranched alkanes of at least 4 members (excludes halogenated alkanes) is 2. The third-order valence-electron chi connectivity index (χ3n) is 3.87. The highest BCUT2D eigenvalue weighted by Gasteiger charge is 2.25. The van der Waals surface area contributed by atoms with E-state index in [-0.39, 0.29) is 30.3 Å². The molecular formula is C16H23N3O4S. The summed E-state index contributed by atoms with van der Waals surface area (Å²) < 4.78 is 26.9. The Bertz CT molecular complexity index is 676. The molecular weight excluding hydrogens is 330 g/mol. The molecule has 1 saturated heterocycles. The van der Waals surface area contributed by atoms with Gasteiger partial charge in [0.15, 0.2) is 0 Å². The van der Waals surface area contributed by atoms with Crippen LogP contribution in [0.25, 0.3) is 0 Å². The molecule has 132 valence electrons. The Hall–Kier alpha value is -1.93. The summed E-state index contributed by atoms with van der Waals surface area (Å²) in [5.41, 5.74) is 0.922. The van der Waals surface area contributed by atoms with Crippen LogP contribution in [-0.2, 0) is 14.8 Å². The van der Waals surface area contributed by atoms with Crippen molar-refractivity contribution in [2.24, 2.45) is 0 Å². The van der Waals surface area contributed by atoms with Gasteiger partial charge in [-0.15, -0.1) is 0 Å². The van der Waals surface area contributed by atoms with E-state index in [9.17, 15) is 18.0 Å². The van der Waals surface area contributed by atoms with Gasteiger partial charge in [0.2, 0.25) is 15.9 Å². The number of rotatable bonds is 9. The van der Waals surface area contributed by atoms with E-state index < -0.39 is 10.0 Å². The summed E-state index contributed by atoms with van der Waals surface area (Å²) in [4.78, 5) is 23.8. The smallest absolute Gasteiger partial charge is 0.315 e. The summed E-state index contributed by atoms with van der Waals surface area (Å²) >= 11 is 0. The molecule has 24 heavy (non-hydrogen) atoms. The van der Waals surface area contributed by atoms with Crippen molar-refractivity contribution in [1.29, 1.82) is 0 Å². The van der Waals surface area contributed by atoms with Crippen LogP contribution < -0.4 is 10.0 Å². The molecule has 1 aromatic rings. The van der Waals surface area contributed by atoms with Crippen LogP contribution in [0, 0.1) is 0 Å². The van der Waals surface area contributed by atoms with Crippen molar-refractivity contribution in [2.75, 3.05) is 18.8 Å². The summed E-state index contributed by atoms with van der Waals surface area (Å²) in [5, 5.41) is 2.21. The third kappa shape index (κ3) is 5.61. The van der Waals surface area contributed by atoms with Gasteiger partial charge < -0.3 is 4.90 Å². The van der Waals surface area contributed by atoms with E-state index >= 15 is 0 Å². The summed E-state index contributed by atoms with van der Waals surface area (Å²) in [6, 6.07) is 8.77. The van der Waals surface area contributed by atoms with Gasteiger partial charge >= 0.3 is 6.03 Å². The zero-order valence-electron chi connectivity index (χ0n) is 13.7. The molecule has 0 radical (unpaired) electrons. The van der Waals surface area contributed by atoms with Crippen molar-refractivity contribution < 1.29 is 18.0 Å². The molecule has 0 saturated carbocycles. The second kappa shape index (κ2) is 8.25. The summed E-state index contributed by atoms with van der Waals surface area (Å²) in [6.07, 6.45) is 1.86. The van der Waals surface area contributed by atoms with Crippen molar-refractivity contribution in [3.8, 4) is 0 Å². The number of amides is 3. The number of nitrogens with one attached hydrogen (secondary N) is 2. The molecule has 1 aliphatic rings. The maximum absolute atomic E-state index is 12.1. The van der Waals surface area contributed by atoms with E-state index in [4.69, 9.17) is 0 Å². The van der Waals surface area contributed by atoms with Crippen molar-refractivity contribution in [1.82, 2.24) is 14.9 Å². The van der Waals surface area contributed by atoms with Crippen LogP contribution >= 0.6 is 0 Å². The van der Waals surface area contributed by atoms with Gasteiger partial charge in [-0.05, 0) is 25.3 Å². The molecule has 0 bridgehead atoms. The predicted octanol–water partition coefficient (Wildman–Crippen LogP) is 1.39. The summed E-state index contributed by atoms with van der Waals surface area (Å²) in [7, 11) is -3.35.